The van der Waals surface area contributed by atoms with Gasteiger partial charge in [-0.2, -0.15) is 0 Å². The highest BCUT2D eigenvalue weighted by Gasteiger charge is 2.20. The van der Waals surface area contributed by atoms with E-state index < -0.39 is 0 Å². The molecule has 1 heterocycles. The van der Waals surface area contributed by atoms with Gasteiger partial charge in [0.05, 0.1) is 5.56 Å². The lowest BCUT2D eigenvalue weighted by atomic mass is 9.99. The normalized spacial score (nSPS) is 19.2. The Morgan fingerprint density at radius 2 is 2.37 bits per heavy atom. The summed E-state index contributed by atoms with van der Waals surface area (Å²) in [5.74, 6) is 0.608. The molecule has 1 N–H and O–H groups in total. The molecule has 5 heteroatoms. The van der Waals surface area contributed by atoms with Gasteiger partial charge in [-0.1, -0.05) is 11.6 Å². The molecule has 104 valence electrons. The van der Waals surface area contributed by atoms with Gasteiger partial charge in [0.2, 0.25) is 0 Å². The molecule has 19 heavy (non-hydrogen) atoms. The van der Waals surface area contributed by atoms with Crippen molar-refractivity contribution in [1.29, 1.82) is 0 Å². The third-order valence-electron chi connectivity index (χ3n) is 3.44. The van der Waals surface area contributed by atoms with E-state index in [0.29, 0.717) is 16.5 Å². The third kappa shape index (κ3) is 4.07. The molecule has 0 bridgehead atoms. The molecule has 0 aliphatic carbocycles. The van der Waals surface area contributed by atoms with Crippen LogP contribution in [0.1, 0.15) is 23.2 Å². The van der Waals surface area contributed by atoms with E-state index >= 15 is 0 Å². The first-order chi connectivity index (χ1) is 9.08. The van der Waals surface area contributed by atoms with Gasteiger partial charge in [0.1, 0.15) is 0 Å². The molecule has 1 aliphatic rings. The Bertz CT molecular complexity index is 461. The number of hydrogen-bond acceptors (Lipinski definition) is 2. The number of amides is 1. The number of benzene rings is 1. The minimum atomic E-state index is 0.0532. The molecular weight excluding hydrogens is 375 g/mol. The van der Waals surface area contributed by atoms with E-state index in [1.807, 2.05) is 24.1 Å². The molecule has 1 amide bonds. The molecule has 0 aromatic heterocycles. The molecule has 0 spiro atoms. The fourth-order valence-electron chi connectivity index (χ4n) is 2.42. The van der Waals surface area contributed by atoms with Crippen LogP contribution in [0.4, 0.5) is 0 Å². The van der Waals surface area contributed by atoms with Crippen molar-refractivity contribution < 1.29 is 4.79 Å². The summed E-state index contributed by atoms with van der Waals surface area (Å²) < 4.78 is 0.945. The van der Waals surface area contributed by atoms with Gasteiger partial charge in [-0.25, -0.2) is 0 Å². The first kappa shape index (κ1) is 15.1. The summed E-state index contributed by atoms with van der Waals surface area (Å²) >= 11 is 8.15. The summed E-state index contributed by atoms with van der Waals surface area (Å²) in [4.78, 5) is 14.2. The Balaban J connectivity index is 2.03. The van der Waals surface area contributed by atoms with Gasteiger partial charge in [-0.15, -0.1) is 0 Å². The number of halogens is 2. The Kier molecular flexibility index (Phi) is 5.47. The van der Waals surface area contributed by atoms with Crippen molar-refractivity contribution in [1.82, 2.24) is 10.2 Å². The summed E-state index contributed by atoms with van der Waals surface area (Å²) in [5.41, 5.74) is 0.694. The molecule has 1 unspecified atom stereocenters. The Hall–Kier alpha value is -0.330. The molecule has 0 saturated carbocycles. The first-order valence-electron chi connectivity index (χ1n) is 6.49. The average molecular weight is 393 g/mol. The summed E-state index contributed by atoms with van der Waals surface area (Å²) in [7, 11) is 1.87. The first-order valence-corrected chi connectivity index (χ1v) is 7.95. The number of rotatable bonds is 3. The van der Waals surface area contributed by atoms with Crippen molar-refractivity contribution in [2.24, 2.45) is 5.92 Å². The third-order valence-corrected chi connectivity index (χ3v) is 4.61. The van der Waals surface area contributed by atoms with Crippen LogP contribution in [0.3, 0.4) is 0 Å². The van der Waals surface area contributed by atoms with Crippen LogP contribution in [-0.4, -0.2) is 37.5 Å². The molecular formula is C14H18ClIN2O. The van der Waals surface area contributed by atoms with Crippen molar-refractivity contribution >= 4 is 40.1 Å². The molecule has 1 fully saturated rings. The lowest BCUT2D eigenvalue weighted by molar-refractivity contribution is 0.0763. The summed E-state index contributed by atoms with van der Waals surface area (Å²) in [6, 6.07) is 5.44. The highest BCUT2D eigenvalue weighted by Crippen LogP contribution is 2.20. The van der Waals surface area contributed by atoms with E-state index in [4.69, 9.17) is 11.6 Å². The average Bonchev–Trinajstić information content (AvgIpc) is 2.42. The Labute approximate surface area is 132 Å². The molecule has 1 atom stereocenters. The maximum absolute atomic E-state index is 12.4. The zero-order valence-electron chi connectivity index (χ0n) is 11.0. The van der Waals surface area contributed by atoms with Crippen LogP contribution in [0, 0.1) is 9.49 Å². The fourth-order valence-corrected chi connectivity index (χ4v) is 3.16. The van der Waals surface area contributed by atoms with Crippen LogP contribution in [0.5, 0.6) is 0 Å². The smallest absolute Gasteiger partial charge is 0.254 e. The standard InChI is InChI=1S/C14H18ClIN2O/c1-18(9-10-3-2-6-17-8-10)14(19)12-7-11(15)4-5-13(12)16/h4-5,7,10,17H,2-3,6,8-9H2,1H3. The summed E-state index contributed by atoms with van der Waals surface area (Å²) in [6.45, 7) is 2.90. The van der Waals surface area contributed by atoms with Gasteiger partial charge < -0.3 is 10.2 Å². The molecule has 1 saturated heterocycles. The van der Waals surface area contributed by atoms with Gasteiger partial charge in [0.15, 0.2) is 0 Å². The van der Waals surface area contributed by atoms with Crippen molar-refractivity contribution in [2.45, 2.75) is 12.8 Å². The Morgan fingerprint density at radius 1 is 1.58 bits per heavy atom. The lowest BCUT2D eigenvalue weighted by Crippen LogP contribution is -2.39. The molecule has 1 aromatic rings. The maximum atomic E-state index is 12.4. The molecule has 1 aromatic carbocycles. The lowest BCUT2D eigenvalue weighted by Gasteiger charge is -2.28. The predicted molar refractivity (Wildman–Crippen MR) is 86.7 cm³/mol. The quantitative estimate of drug-likeness (QED) is 0.802. The van der Waals surface area contributed by atoms with Crippen LogP contribution < -0.4 is 5.32 Å². The number of carbonyl (C=O) groups excluding carboxylic acids is 1. The number of hydrogen-bond donors (Lipinski definition) is 1. The Morgan fingerprint density at radius 3 is 3.05 bits per heavy atom. The number of nitrogens with one attached hydrogen (secondary N) is 1. The second kappa shape index (κ2) is 6.90. The highest BCUT2D eigenvalue weighted by molar-refractivity contribution is 14.1. The van der Waals surface area contributed by atoms with Crippen LogP contribution >= 0.6 is 34.2 Å². The van der Waals surface area contributed by atoms with E-state index in [0.717, 1.165) is 23.2 Å². The van der Waals surface area contributed by atoms with E-state index in [-0.39, 0.29) is 5.91 Å². The molecule has 2 rings (SSSR count). The van der Waals surface area contributed by atoms with Crippen molar-refractivity contribution in [3.05, 3.63) is 32.4 Å². The highest BCUT2D eigenvalue weighted by atomic mass is 127. The van der Waals surface area contributed by atoms with Gasteiger partial charge in [-0.3, -0.25) is 4.79 Å². The van der Waals surface area contributed by atoms with E-state index in [9.17, 15) is 4.79 Å². The minimum absolute atomic E-state index is 0.0532. The van der Waals surface area contributed by atoms with Crippen LogP contribution in [0.15, 0.2) is 18.2 Å². The minimum Gasteiger partial charge on any atom is -0.341 e. The topological polar surface area (TPSA) is 32.3 Å². The van der Waals surface area contributed by atoms with Crippen LogP contribution in [0.2, 0.25) is 5.02 Å². The van der Waals surface area contributed by atoms with Crippen LogP contribution in [0.25, 0.3) is 0 Å². The number of piperidine rings is 1. The second-order valence-electron chi connectivity index (χ2n) is 5.02. The number of carbonyl (C=O) groups is 1. The largest absolute Gasteiger partial charge is 0.341 e. The predicted octanol–water partition coefficient (Wildman–Crippen LogP) is 3.02. The fraction of sp³-hybridized carbons (Fsp3) is 0.500. The van der Waals surface area contributed by atoms with Crippen molar-refractivity contribution in [2.75, 3.05) is 26.7 Å². The summed E-state index contributed by atoms with van der Waals surface area (Å²) in [6.07, 6.45) is 2.39. The number of nitrogens with zero attached hydrogens (tertiary/aromatic N) is 1. The summed E-state index contributed by atoms with van der Waals surface area (Å²) in [5, 5.41) is 3.99. The SMILES string of the molecule is CN(CC1CCCNC1)C(=O)c1cc(Cl)ccc1I. The van der Waals surface area contributed by atoms with Gasteiger partial charge >= 0.3 is 0 Å². The van der Waals surface area contributed by atoms with Crippen molar-refractivity contribution in [3.63, 3.8) is 0 Å². The molecule has 3 nitrogen and oxygen atoms in total. The molecule has 1 aliphatic heterocycles. The second-order valence-corrected chi connectivity index (χ2v) is 6.62. The van der Waals surface area contributed by atoms with Gasteiger partial charge in [0, 0.05) is 22.2 Å². The van der Waals surface area contributed by atoms with E-state index in [1.54, 1.807) is 6.07 Å². The van der Waals surface area contributed by atoms with Crippen molar-refractivity contribution in [3.8, 4) is 0 Å². The van der Waals surface area contributed by atoms with Gasteiger partial charge in [-0.05, 0) is 72.6 Å². The van der Waals surface area contributed by atoms with Gasteiger partial charge in [0.25, 0.3) is 5.91 Å². The maximum Gasteiger partial charge on any atom is 0.254 e. The zero-order valence-corrected chi connectivity index (χ0v) is 13.9. The molecule has 0 radical (unpaired) electrons. The van der Waals surface area contributed by atoms with E-state index in [1.165, 1.54) is 12.8 Å². The van der Waals surface area contributed by atoms with Crippen LogP contribution in [-0.2, 0) is 0 Å². The zero-order chi connectivity index (χ0) is 13.8. The van der Waals surface area contributed by atoms with E-state index in [2.05, 4.69) is 27.9 Å². The monoisotopic (exact) mass is 392 g/mol.